The van der Waals surface area contributed by atoms with Crippen LogP contribution in [0.15, 0.2) is 24.3 Å². The van der Waals surface area contributed by atoms with Crippen molar-refractivity contribution in [3.05, 3.63) is 46.6 Å². The molecule has 6 nitrogen and oxygen atoms in total. The van der Waals surface area contributed by atoms with Crippen LogP contribution in [0.3, 0.4) is 0 Å². The molecular formula is C16H12F3N5O. The van der Waals surface area contributed by atoms with Gasteiger partial charge in [-0.2, -0.15) is 28.8 Å². The third kappa shape index (κ3) is 3.62. The number of aromatic nitrogens is 2. The van der Waals surface area contributed by atoms with E-state index in [1.807, 2.05) is 0 Å². The van der Waals surface area contributed by atoms with Crippen LogP contribution >= 0.6 is 0 Å². The Labute approximate surface area is 140 Å². The van der Waals surface area contributed by atoms with Crippen LogP contribution in [-0.4, -0.2) is 21.5 Å². The summed E-state index contributed by atoms with van der Waals surface area (Å²) in [5.74, 6) is -0.0724. The van der Waals surface area contributed by atoms with Gasteiger partial charge in [-0.15, -0.1) is 0 Å². The maximum Gasteiger partial charge on any atom is 0.416 e. The molecule has 0 atom stereocenters. The van der Waals surface area contributed by atoms with E-state index in [4.69, 9.17) is 10.8 Å². The molecule has 0 aliphatic heterocycles. The van der Waals surface area contributed by atoms with E-state index in [1.165, 1.54) is 18.2 Å². The number of hydrogen-bond donors (Lipinski definition) is 2. The zero-order chi connectivity index (χ0) is 18.6. The highest BCUT2D eigenvalue weighted by atomic mass is 19.4. The van der Waals surface area contributed by atoms with Gasteiger partial charge in [0.15, 0.2) is 0 Å². The molecule has 9 heteroatoms. The summed E-state index contributed by atoms with van der Waals surface area (Å²) < 4.78 is 40.4. The van der Waals surface area contributed by atoms with Crippen LogP contribution in [0.2, 0.25) is 0 Å². The number of alkyl halides is 3. The van der Waals surface area contributed by atoms with Crippen LogP contribution in [0.5, 0.6) is 0 Å². The molecule has 2 rings (SSSR count). The van der Waals surface area contributed by atoms with Gasteiger partial charge in [-0.25, -0.2) is 4.68 Å². The lowest BCUT2D eigenvalue weighted by atomic mass is 10.0. The lowest BCUT2D eigenvalue weighted by molar-refractivity contribution is -0.137. The first kappa shape index (κ1) is 18.0. The van der Waals surface area contributed by atoms with E-state index in [2.05, 4.69) is 5.10 Å². The normalized spacial score (nSPS) is 11.8. The maximum atomic E-state index is 13.1. The number of nitriles is 2. The van der Waals surface area contributed by atoms with Crippen molar-refractivity contribution in [3.63, 3.8) is 0 Å². The predicted molar refractivity (Wildman–Crippen MR) is 83.4 cm³/mol. The molecular weight excluding hydrogens is 335 g/mol. The van der Waals surface area contributed by atoms with Crippen LogP contribution in [0, 0.1) is 22.7 Å². The lowest BCUT2D eigenvalue weighted by Crippen LogP contribution is -2.08. The molecule has 0 unspecified atom stereocenters. The second kappa shape index (κ2) is 7.07. The van der Waals surface area contributed by atoms with Crippen molar-refractivity contribution in [2.24, 2.45) is 0 Å². The van der Waals surface area contributed by atoms with E-state index < -0.39 is 11.7 Å². The second-order valence-corrected chi connectivity index (χ2v) is 4.92. The maximum absolute atomic E-state index is 13.1. The quantitative estimate of drug-likeness (QED) is 0.825. The molecule has 0 fully saturated rings. The summed E-state index contributed by atoms with van der Waals surface area (Å²) in [5.41, 5.74) is 4.09. The summed E-state index contributed by atoms with van der Waals surface area (Å²) in [6, 6.07) is 8.28. The minimum absolute atomic E-state index is 0.0155. The summed E-state index contributed by atoms with van der Waals surface area (Å²) in [7, 11) is 0. The van der Waals surface area contributed by atoms with E-state index in [-0.39, 0.29) is 41.4 Å². The number of aliphatic hydroxyl groups excluding tert-OH is 1. The molecule has 25 heavy (non-hydrogen) atoms. The molecule has 2 aromatic rings. The number of aliphatic hydroxyl groups is 1. The van der Waals surface area contributed by atoms with Crippen molar-refractivity contribution in [1.29, 1.82) is 10.5 Å². The number of halogens is 3. The number of benzene rings is 1. The molecule has 0 amide bonds. The van der Waals surface area contributed by atoms with Crippen LogP contribution in [-0.2, 0) is 12.7 Å². The Morgan fingerprint density at radius 2 is 2.00 bits per heavy atom. The lowest BCUT2D eigenvalue weighted by Gasteiger charge is -2.10. The second-order valence-electron chi connectivity index (χ2n) is 4.92. The number of rotatable bonds is 4. The van der Waals surface area contributed by atoms with Gasteiger partial charge in [0.25, 0.3) is 0 Å². The predicted octanol–water partition coefficient (Wildman–Crippen LogP) is 2.41. The van der Waals surface area contributed by atoms with Gasteiger partial charge < -0.3 is 10.8 Å². The summed E-state index contributed by atoms with van der Waals surface area (Å²) in [5, 5.41) is 31.5. The van der Waals surface area contributed by atoms with Crippen LogP contribution in [0.1, 0.15) is 22.4 Å². The van der Waals surface area contributed by atoms with Crippen molar-refractivity contribution in [2.45, 2.75) is 12.7 Å². The van der Waals surface area contributed by atoms with E-state index in [9.17, 15) is 23.7 Å². The van der Waals surface area contributed by atoms with Gasteiger partial charge in [0, 0.05) is 0 Å². The smallest absolute Gasteiger partial charge is 0.394 e. The Hall–Kier alpha value is -3.30. The molecule has 1 aromatic heterocycles. The van der Waals surface area contributed by atoms with E-state index in [0.717, 1.165) is 16.8 Å². The molecule has 0 bridgehead atoms. The van der Waals surface area contributed by atoms with Crippen molar-refractivity contribution < 1.29 is 18.3 Å². The monoisotopic (exact) mass is 347 g/mol. The number of hydrogen-bond acceptors (Lipinski definition) is 5. The average molecular weight is 347 g/mol. The van der Waals surface area contributed by atoms with Crippen molar-refractivity contribution in [1.82, 2.24) is 9.78 Å². The summed E-state index contributed by atoms with van der Waals surface area (Å²) >= 11 is 0. The average Bonchev–Trinajstić information content (AvgIpc) is 2.88. The van der Waals surface area contributed by atoms with Gasteiger partial charge in [-0.3, -0.25) is 0 Å². The molecule has 0 saturated heterocycles. The standard InChI is InChI=1S/C16H12F3N5O/c17-16(18,19)13-4-2-1-3-10(13)7-11(8-20)14-12(9-21)15(22)24(23-14)5-6-25/h1-4,7,25H,5-6,22H2/b11-7-. The Kier molecular flexibility index (Phi) is 5.11. The molecule has 3 N–H and O–H groups in total. The number of nitrogens with two attached hydrogens (primary N) is 1. The molecule has 0 aliphatic carbocycles. The van der Waals surface area contributed by atoms with Crippen LogP contribution < -0.4 is 5.73 Å². The highest BCUT2D eigenvalue weighted by Gasteiger charge is 2.32. The molecule has 128 valence electrons. The van der Waals surface area contributed by atoms with Crippen molar-refractivity contribution >= 4 is 17.5 Å². The summed E-state index contributed by atoms with van der Waals surface area (Å²) in [6.45, 7) is -0.322. The van der Waals surface area contributed by atoms with Crippen LogP contribution in [0.25, 0.3) is 11.6 Å². The molecule has 0 saturated carbocycles. The highest BCUT2D eigenvalue weighted by molar-refractivity contribution is 5.91. The van der Waals surface area contributed by atoms with Crippen molar-refractivity contribution in [2.75, 3.05) is 12.3 Å². The topological polar surface area (TPSA) is 112 Å². The Bertz CT molecular complexity index is 900. The summed E-state index contributed by atoms with van der Waals surface area (Å²) in [6.07, 6.45) is -3.59. The third-order valence-corrected chi connectivity index (χ3v) is 3.36. The first-order chi connectivity index (χ1) is 11.8. The number of allylic oxidation sites excluding steroid dienone is 1. The van der Waals surface area contributed by atoms with Crippen LogP contribution in [0.4, 0.5) is 19.0 Å². The number of nitrogen functional groups attached to an aromatic ring is 1. The zero-order valence-corrected chi connectivity index (χ0v) is 12.7. The molecule has 1 aromatic carbocycles. The Morgan fingerprint density at radius 3 is 2.56 bits per heavy atom. The van der Waals surface area contributed by atoms with Gasteiger partial charge in [0.2, 0.25) is 0 Å². The largest absolute Gasteiger partial charge is 0.416 e. The van der Waals surface area contributed by atoms with E-state index in [0.29, 0.717) is 0 Å². The minimum atomic E-state index is -4.60. The number of nitrogens with zero attached hydrogens (tertiary/aromatic N) is 4. The molecule has 1 heterocycles. The van der Waals surface area contributed by atoms with Gasteiger partial charge in [0.05, 0.1) is 24.3 Å². The van der Waals surface area contributed by atoms with Crippen molar-refractivity contribution in [3.8, 4) is 12.1 Å². The zero-order valence-electron chi connectivity index (χ0n) is 12.7. The fourth-order valence-electron chi connectivity index (χ4n) is 2.23. The third-order valence-electron chi connectivity index (χ3n) is 3.36. The van der Waals surface area contributed by atoms with E-state index in [1.54, 1.807) is 12.1 Å². The number of anilines is 1. The Balaban J connectivity index is 2.64. The fraction of sp³-hybridized carbons (Fsp3) is 0.188. The Morgan fingerprint density at radius 1 is 1.32 bits per heavy atom. The first-order valence-corrected chi connectivity index (χ1v) is 6.99. The van der Waals surface area contributed by atoms with Gasteiger partial charge in [0.1, 0.15) is 29.2 Å². The fourth-order valence-corrected chi connectivity index (χ4v) is 2.23. The molecule has 0 radical (unpaired) electrons. The first-order valence-electron chi connectivity index (χ1n) is 6.99. The van der Waals surface area contributed by atoms with Gasteiger partial charge in [-0.05, 0) is 17.7 Å². The SMILES string of the molecule is N#C/C(=C/c1ccccc1C(F)(F)F)c1nn(CCO)c(N)c1C#N. The van der Waals surface area contributed by atoms with Gasteiger partial charge in [-0.1, -0.05) is 18.2 Å². The summed E-state index contributed by atoms with van der Waals surface area (Å²) in [4.78, 5) is 0. The highest BCUT2D eigenvalue weighted by Crippen LogP contribution is 2.34. The van der Waals surface area contributed by atoms with E-state index >= 15 is 0 Å². The van der Waals surface area contributed by atoms with Gasteiger partial charge >= 0.3 is 6.18 Å². The molecule has 0 spiro atoms. The minimum Gasteiger partial charge on any atom is -0.394 e. The molecule has 0 aliphatic rings.